The van der Waals surface area contributed by atoms with Crippen molar-refractivity contribution in [3.05, 3.63) is 42.4 Å². The van der Waals surface area contributed by atoms with Gasteiger partial charge in [0.25, 0.3) is 0 Å². The van der Waals surface area contributed by atoms with Crippen LogP contribution in [0.5, 0.6) is 0 Å². The van der Waals surface area contributed by atoms with E-state index in [1.807, 2.05) is 36.1 Å². The smallest absolute Gasteiger partial charge is 0.133 e. The van der Waals surface area contributed by atoms with E-state index in [2.05, 4.69) is 10.3 Å². The van der Waals surface area contributed by atoms with Gasteiger partial charge >= 0.3 is 0 Å². The molecule has 0 bridgehead atoms. The first-order valence-electron chi connectivity index (χ1n) is 6.11. The van der Waals surface area contributed by atoms with Crippen molar-refractivity contribution in [3.8, 4) is 0 Å². The molecule has 1 unspecified atom stereocenters. The fourth-order valence-corrected chi connectivity index (χ4v) is 2.21. The summed E-state index contributed by atoms with van der Waals surface area (Å²) in [4.78, 5) is 4.42. The molecule has 3 rings (SSSR count). The average Bonchev–Trinajstić information content (AvgIpc) is 2.89. The molecule has 17 heavy (non-hydrogen) atoms. The van der Waals surface area contributed by atoms with Crippen LogP contribution in [0.3, 0.4) is 0 Å². The summed E-state index contributed by atoms with van der Waals surface area (Å²) in [5.74, 6) is 1.94. The molecule has 0 saturated heterocycles. The minimum atomic E-state index is 0.0651. The molecular formula is C13H17N3O. The predicted octanol–water partition coefficient (Wildman–Crippen LogP) is 2.24. The average molecular weight is 231 g/mol. The van der Waals surface area contributed by atoms with Crippen LogP contribution in [0.2, 0.25) is 0 Å². The molecular weight excluding hydrogens is 214 g/mol. The Morgan fingerprint density at radius 3 is 2.94 bits per heavy atom. The fourth-order valence-electron chi connectivity index (χ4n) is 2.21. The Hall–Kier alpha value is -1.55. The van der Waals surface area contributed by atoms with Crippen molar-refractivity contribution in [2.24, 2.45) is 7.05 Å². The van der Waals surface area contributed by atoms with Crippen molar-refractivity contribution >= 4 is 0 Å². The molecule has 1 fully saturated rings. The summed E-state index contributed by atoms with van der Waals surface area (Å²) in [5.41, 5.74) is 0. The molecule has 1 atom stereocenters. The normalized spacial score (nSPS) is 17.9. The second kappa shape index (κ2) is 4.37. The van der Waals surface area contributed by atoms with Crippen LogP contribution in [-0.2, 0) is 7.05 Å². The maximum atomic E-state index is 5.53. The summed E-state index contributed by atoms with van der Waals surface area (Å²) in [5, 5.41) is 3.62. The van der Waals surface area contributed by atoms with Gasteiger partial charge in [0.2, 0.25) is 0 Å². The van der Waals surface area contributed by atoms with Gasteiger partial charge in [-0.3, -0.25) is 5.32 Å². The third-order valence-corrected chi connectivity index (χ3v) is 3.45. The summed E-state index contributed by atoms with van der Waals surface area (Å²) in [6, 6.07) is 4.59. The van der Waals surface area contributed by atoms with Gasteiger partial charge in [0.15, 0.2) is 0 Å². The third kappa shape index (κ3) is 2.00. The van der Waals surface area contributed by atoms with Crippen LogP contribution < -0.4 is 5.32 Å². The van der Waals surface area contributed by atoms with Gasteiger partial charge in [-0.05, 0) is 25.0 Å². The molecule has 0 aromatic carbocycles. The minimum Gasteiger partial charge on any atom is -0.467 e. The summed E-state index contributed by atoms with van der Waals surface area (Å²) >= 11 is 0. The SMILES string of the molecule is Cn1ccnc1C(NC1CCC1)c1ccco1. The van der Waals surface area contributed by atoms with Gasteiger partial charge < -0.3 is 8.98 Å². The van der Waals surface area contributed by atoms with Crippen molar-refractivity contribution in [2.75, 3.05) is 0 Å². The van der Waals surface area contributed by atoms with Crippen molar-refractivity contribution < 1.29 is 4.42 Å². The quantitative estimate of drug-likeness (QED) is 0.877. The minimum absolute atomic E-state index is 0.0651. The van der Waals surface area contributed by atoms with Crippen LogP contribution in [0.15, 0.2) is 35.2 Å². The van der Waals surface area contributed by atoms with Crippen LogP contribution in [0, 0.1) is 0 Å². The van der Waals surface area contributed by atoms with Crippen LogP contribution in [0.4, 0.5) is 0 Å². The number of furan rings is 1. The molecule has 0 radical (unpaired) electrons. The number of nitrogens with zero attached hydrogens (tertiary/aromatic N) is 2. The zero-order valence-corrected chi connectivity index (χ0v) is 9.97. The number of hydrogen-bond acceptors (Lipinski definition) is 3. The number of aromatic nitrogens is 2. The van der Waals surface area contributed by atoms with E-state index >= 15 is 0 Å². The number of rotatable bonds is 4. The molecule has 2 aromatic rings. The van der Waals surface area contributed by atoms with E-state index in [0.29, 0.717) is 6.04 Å². The lowest BCUT2D eigenvalue weighted by Gasteiger charge is -2.30. The van der Waals surface area contributed by atoms with E-state index in [1.54, 1.807) is 6.26 Å². The van der Waals surface area contributed by atoms with Gasteiger partial charge in [0.05, 0.1) is 6.26 Å². The molecule has 2 heterocycles. The van der Waals surface area contributed by atoms with E-state index < -0.39 is 0 Å². The first-order valence-corrected chi connectivity index (χ1v) is 6.11. The zero-order chi connectivity index (χ0) is 11.7. The van der Waals surface area contributed by atoms with Gasteiger partial charge in [-0.25, -0.2) is 4.98 Å². The summed E-state index contributed by atoms with van der Waals surface area (Å²) in [6.07, 6.45) is 9.33. The van der Waals surface area contributed by atoms with E-state index in [9.17, 15) is 0 Å². The Labute approximate surface area is 101 Å². The molecule has 1 aliphatic rings. The van der Waals surface area contributed by atoms with Gasteiger partial charge in [-0.15, -0.1) is 0 Å². The maximum absolute atomic E-state index is 5.53. The standard InChI is InChI=1S/C13H17N3O/c1-16-8-7-14-13(16)12(11-6-3-9-17-11)15-10-4-2-5-10/h3,6-10,12,15H,2,4-5H2,1H3. The zero-order valence-electron chi connectivity index (χ0n) is 9.97. The number of hydrogen-bond donors (Lipinski definition) is 1. The van der Waals surface area contributed by atoms with Crippen molar-refractivity contribution in [3.63, 3.8) is 0 Å². The van der Waals surface area contributed by atoms with Crippen molar-refractivity contribution in [1.82, 2.24) is 14.9 Å². The lowest BCUT2D eigenvalue weighted by Crippen LogP contribution is -2.39. The van der Waals surface area contributed by atoms with Gasteiger partial charge in [-0.2, -0.15) is 0 Å². The first-order chi connectivity index (χ1) is 8.34. The molecule has 90 valence electrons. The Morgan fingerprint density at radius 1 is 1.53 bits per heavy atom. The van der Waals surface area contributed by atoms with E-state index in [-0.39, 0.29) is 6.04 Å². The van der Waals surface area contributed by atoms with Crippen LogP contribution in [0.25, 0.3) is 0 Å². The van der Waals surface area contributed by atoms with Crippen LogP contribution in [0.1, 0.15) is 36.9 Å². The lowest BCUT2D eigenvalue weighted by atomic mass is 9.92. The molecule has 0 spiro atoms. The summed E-state index contributed by atoms with van der Waals surface area (Å²) in [7, 11) is 2.01. The maximum Gasteiger partial charge on any atom is 0.133 e. The van der Waals surface area contributed by atoms with E-state index in [0.717, 1.165) is 11.6 Å². The van der Waals surface area contributed by atoms with E-state index in [1.165, 1.54) is 19.3 Å². The Bertz CT molecular complexity index is 471. The van der Waals surface area contributed by atoms with Crippen molar-refractivity contribution in [1.29, 1.82) is 0 Å². The molecule has 1 saturated carbocycles. The highest BCUT2D eigenvalue weighted by Gasteiger charge is 2.26. The highest BCUT2D eigenvalue weighted by Crippen LogP contribution is 2.26. The van der Waals surface area contributed by atoms with Gasteiger partial charge in [0, 0.05) is 25.5 Å². The molecule has 0 amide bonds. The van der Waals surface area contributed by atoms with Gasteiger partial charge in [0.1, 0.15) is 17.6 Å². The first kappa shape index (κ1) is 10.6. The Kier molecular flexibility index (Phi) is 2.73. The van der Waals surface area contributed by atoms with E-state index in [4.69, 9.17) is 4.42 Å². The fraction of sp³-hybridized carbons (Fsp3) is 0.462. The Morgan fingerprint density at radius 2 is 2.41 bits per heavy atom. The summed E-state index contributed by atoms with van der Waals surface area (Å²) < 4.78 is 7.57. The third-order valence-electron chi connectivity index (χ3n) is 3.45. The molecule has 4 nitrogen and oxygen atoms in total. The highest BCUT2D eigenvalue weighted by molar-refractivity contribution is 5.16. The monoisotopic (exact) mass is 231 g/mol. The second-order valence-electron chi connectivity index (χ2n) is 4.64. The van der Waals surface area contributed by atoms with Crippen molar-refractivity contribution in [2.45, 2.75) is 31.3 Å². The molecule has 0 aliphatic heterocycles. The van der Waals surface area contributed by atoms with Gasteiger partial charge in [-0.1, -0.05) is 6.42 Å². The molecule has 1 N–H and O–H groups in total. The van der Waals surface area contributed by atoms with Crippen LogP contribution >= 0.6 is 0 Å². The number of aryl methyl sites for hydroxylation is 1. The number of nitrogens with one attached hydrogen (secondary N) is 1. The van der Waals surface area contributed by atoms with Crippen LogP contribution in [-0.4, -0.2) is 15.6 Å². The second-order valence-corrected chi connectivity index (χ2v) is 4.64. The topological polar surface area (TPSA) is 43.0 Å². The lowest BCUT2D eigenvalue weighted by molar-refractivity contribution is 0.296. The molecule has 4 heteroatoms. The summed E-state index contributed by atoms with van der Waals surface area (Å²) in [6.45, 7) is 0. The number of imidazole rings is 1. The predicted molar refractivity (Wildman–Crippen MR) is 64.5 cm³/mol. The molecule has 2 aromatic heterocycles. The highest BCUT2D eigenvalue weighted by atomic mass is 16.3. The Balaban J connectivity index is 1.88. The molecule has 1 aliphatic carbocycles. The largest absolute Gasteiger partial charge is 0.467 e.